The van der Waals surface area contributed by atoms with Crippen LogP contribution in [-0.4, -0.2) is 71.5 Å². The number of carbonyl (C=O) groups excluding carboxylic acids is 1. The van der Waals surface area contributed by atoms with E-state index < -0.39 is 0 Å². The minimum Gasteiger partial charge on any atom is -0.353 e. The molecule has 0 N–H and O–H groups in total. The van der Waals surface area contributed by atoms with Crippen molar-refractivity contribution in [2.45, 2.75) is 26.2 Å². The zero-order valence-corrected chi connectivity index (χ0v) is 17.3. The van der Waals surface area contributed by atoms with Gasteiger partial charge in [0.15, 0.2) is 0 Å². The van der Waals surface area contributed by atoms with E-state index in [-0.39, 0.29) is 5.91 Å². The number of amides is 1. The molecule has 2 saturated heterocycles. The normalized spacial score (nSPS) is 18.8. The van der Waals surface area contributed by atoms with Crippen molar-refractivity contribution in [3.63, 3.8) is 0 Å². The lowest BCUT2D eigenvalue weighted by atomic mass is 9.90. The van der Waals surface area contributed by atoms with Gasteiger partial charge in [-0.25, -0.2) is 9.97 Å². The summed E-state index contributed by atoms with van der Waals surface area (Å²) in [5.41, 5.74) is 1.85. The van der Waals surface area contributed by atoms with Crippen LogP contribution >= 0.6 is 0 Å². The summed E-state index contributed by atoms with van der Waals surface area (Å²) in [6.07, 6.45) is 6.61. The minimum atomic E-state index is 0.0120. The fraction of sp³-hybridized carbons (Fsp3) is 0.522. The van der Waals surface area contributed by atoms with E-state index in [9.17, 15) is 4.79 Å². The van der Waals surface area contributed by atoms with E-state index in [2.05, 4.69) is 57.0 Å². The van der Waals surface area contributed by atoms with Crippen molar-refractivity contribution in [2.75, 3.05) is 50.7 Å². The number of hydrogen-bond donors (Lipinski definition) is 0. The van der Waals surface area contributed by atoms with Crippen LogP contribution < -0.4 is 4.90 Å². The molecule has 1 amide bonds. The van der Waals surface area contributed by atoms with Crippen LogP contribution in [0.3, 0.4) is 0 Å². The monoisotopic (exact) mass is 393 g/mol. The molecule has 2 aromatic rings. The van der Waals surface area contributed by atoms with Gasteiger partial charge in [-0.05, 0) is 37.3 Å². The zero-order chi connectivity index (χ0) is 20.1. The molecule has 1 aromatic heterocycles. The number of likely N-dealkylation sites (tertiary alicyclic amines) is 1. The molecule has 0 aliphatic carbocycles. The van der Waals surface area contributed by atoms with Gasteiger partial charge in [0, 0.05) is 39.3 Å². The molecule has 6 heteroatoms. The molecule has 0 saturated carbocycles. The van der Waals surface area contributed by atoms with E-state index in [0.29, 0.717) is 11.6 Å². The first-order valence-electron chi connectivity index (χ1n) is 10.9. The highest BCUT2D eigenvalue weighted by atomic mass is 16.2. The third-order valence-corrected chi connectivity index (χ3v) is 6.27. The van der Waals surface area contributed by atoms with Crippen LogP contribution in [0.15, 0.2) is 42.7 Å². The van der Waals surface area contributed by atoms with Crippen LogP contribution in [0.4, 0.5) is 5.82 Å². The second-order valence-corrected chi connectivity index (χ2v) is 8.11. The van der Waals surface area contributed by atoms with Gasteiger partial charge < -0.3 is 14.7 Å². The number of aromatic nitrogens is 2. The van der Waals surface area contributed by atoms with Gasteiger partial charge in [-0.1, -0.05) is 37.3 Å². The lowest BCUT2D eigenvalue weighted by molar-refractivity contribution is 0.0684. The molecule has 2 fully saturated rings. The van der Waals surface area contributed by atoms with Gasteiger partial charge in [0.05, 0.1) is 12.4 Å². The minimum absolute atomic E-state index is 0.0120. The molecule has 0 bridgehead atoms. The summed E-state index contributed by atoms with van der Waals surface area (Å²) >= 11 is 0. The summed E-state index contributed by atoms with van der Waals surface area (Å²) < 4.78 is 0. The second kappa shape index (κ2) is 9.35. The number of carbonyl (C=O) groups is 1. The molecule has 2 aliphatic rings. The van der Waals surface area contributed by atoms with Gasteiger partial charge in [0.2, 0.25) is 0 Å². The number of piperidine rings is 1. The number of rotatable bonds is 5. The number of likely N-dealkylation sites (N-methyl/N-ethyl adjacent to an activating group) is 1. The molecular weight excluding hydrogens is 362 g/mol. The average molecular weight is 394 g/mol. The van der Waals surface area contributed by atoms with Crippen molar-refractivity contribution >= 4 is 11.7 Å². The van der Waals surface area contributed by atoms with E-state index in [0.717, 1.165) is 70.9 Å². The largest absolute Gasteiger partial charge is 0.353 e. The Balaban J connectivity index is 1.29. The molecule has 0 unspecified atom stereocenters. The summed E-state index contributed by atoms with van der Waals surface area (Å²) in [7, 11) is 0. The molecule has 3 heterocycles. The molecule has 6 nitrogen and oxygen atoms in total. The third-order valence-electron chi connectivity index (χ3n) is 6.27. The Labute approximate surface area is 173 Å². The fourth-order valence-electron chi connectivity index (χ4n) is 4.34. The molecule has 2 aliphatic heterocycles. The highest BCUT2D eigenvalue weighted by molar-refractivity contribution is 5.92. The van der Waals surface area contributed by atoms with Gasteiger partial charge >= 0.3 is 0 Å². The molecule has 29 heavy (non-hydrogen) atoms. The van der Waals surface area contributed by atoms with Gasteiger partial charge in [0.25, 0.3) is 5.91 Å². The highest BCUT2D eigenvalue weighted by Crippen LogP contribution is 2.23. The van der Waals surface area contributed by atoms with E-state index in [1.807, 2.05) is 4.90 Å². The number of hydrogen-bond acceptors (Lipinski definition) is 5. The van der Waals surface area contributed by atoms with Crippen LogP contribution in [0.5, 0.6) is 0 Å². The standard InChI is InChI=1S/C23H31N5O/c1-2-26-12-14-27(15-13-26)22-18-24-21(17-25-22)23(29)28-10-8-20(9-11-28)16-19-6-4-3-5-7-19/h3-7,17-18,20H,2,8-16H2,1H3. The summed E-state index contributed by atoms with van der Waals surface area (Å²) in [6, 6.07) is 10.6. The SMILES string of the molecule is CCN1CCN(c2cnc(C(=O)N3CCC(Cc4ccccc4)CC3)cn2)CC1. The predicted molar refractivity (Wildman–Crippen MR) is 115 cm³/mol. The number of nitrogens with zero attached hydrogens (tertiary/aromatic N) is 5. The third kappa shape index (κ3) is 4.93. The molecule has 0 atom stereocenters. The average Bonchev–Trinajstić information content (AvgIpc) is 2.80. The van der Waals surface area contributed by atoms with Crippen LogP contribution in [-0.2, 0) is 6.42 Å². The molecule has 1 aromatic carbocycles. The van der Waals surface area contributed by atoms with Crippen LogP contribution in [0, 0.1) is 5.92 Å². The van der Waals surface area contributed by atoms with Crippen LogP contribution in [0.2, 0.25) is 0 Å². The Morgan fingerprint density at radius 2 is 1.69 bits per heavy atom. The summed E-state index contributed by atoms with van der Waals surface area (Å²) in [5.74, 6) is 1.54. The summed E-state index contributed by atoms with van der Waals surface area (Å²) in [6.45, 7) is 8.93. The van der Waals surface area contributed by atoms with Crippen molar-refractivity contribution < 1.29 is 4.79 Å². The maximum atomic E-state index is 12.8. The Bertz CT molecular complexity index is 779. The maximum absolute atomic E-state index is 12.8. The Kier molecular flexibility index (Phi) is 6.39. The van der Waals surface area contributed by atoms with E-state index >= 15 is 0 Å². The van der Waals surface area contributed by atoms with E-state index in [4.69, 9.17) is 0 Å². The van der Waals surface area contributed by atoms with Crippen molar-refractivity contribution in [3.8, 4) is 0 Å². The predicted octanol–water partition coefficient (Wildman–Crippen LogP) is 2.71. The van der Waals surface area contributed by atoms with Crippen molar-refractivity contribution in [2.24, 2.45) is 5.92 Å². The first kappa shape index (κ1) is 19.8. The van der Waals surface area contributed by atoms with E-state index in [1.165, 1.54) is 5.56 Å². The molecule has 4 rings (SSSR count). The summed E-state index contributed by atoms with van der Waals surface area (Å²) in [4.78, 5) is 28.4. The van der Waals surface area contributed by atoms with Gasteiger partial charge in [-0.15, -0.1) is 0 Å². The van der Waals surface area contributed by atoms with Crippen molar-refractivity contribution in [1.82, 2.24) is 19.8 Å². The van der Waals surface area contributed by atoms with Crippen molar-refractivity contribution in [1.29, 1.82) is 0 Å². The molecule has 154 valence electrons. The number of anilines is 1. The molecular formula is C23H31N5O. The number of piperazine rings is 1. The van der Waals surface area contributed by atoms with E-state index in [1.54, 1.807) is 12.4 Å². The first-order chi connectivity index (χ1) is 14.2. The number of benzene rings is 1. The lowest BCUT2D eigenvalue weighted by Gasteiger charge is -2.34. The first-order valence-corrected chi connectivity index (χ1v) is 10.9. The molecule has 0 radical (unpaired) electrons. The molecule has 0 spiro atoms. The smallest absolute Gasteiger partial charge is 0.274 e. The van der Waals surface area contributed by atoms with Crippen LogP contribution in [0.25, 0.3) is 0 Å². The van der Waals surface area contributed by atoms with Crippen molar-refractivity contribution in [3.05, 3.63) is 54.0 Å². The van der Waals surface area contributed by atoms with Gasteiger partial charge in [-0.3, -0.25) is 4.79 Å². The van der Waals surface area contributed by atoms with Gasteiger partial charge in [-0.2, -0.15) is 0 Å². The zero-order valence-electron chi connectivity index (χ0n) is 17.3. The van der Waals surface area contributed by atoms with Gasteiger partial charge in [0.1, 0.15) is 11.5 Å². The Hall–Kier alpha value is -2.47. The second-order valence-electron chi connectivity index (χ2n) is 8.11. The fourth-order valence-corrected chi connectivity index (χ4v) is 4.34. The topological polar surface area (TPSA) is 52.6 Å². The highest BCUT2D eigenvalue weighted by Gasteiger charge is 2.25. The summed E-state index contributed by atoms with van der Waals surface area (Å²) in [5, 5.41) is 0. The Morgan fingerprint density at radius 1 is 0.966 bits per heavy atom. The van der Waals surface area contributed by atoms with Crippen LogP contribution in [0.1, 0.15) is 35.8 Å². The maximum Gasteiger partial charge on any atom is 0.274 e. The lowest BCUT2D eigenvalue weighted by Crippen LogP contribution is -2.46. The Morgan fingerprint density at radius 3 is 2.31 bits per heavy atom. The quantitative estimate of drug-likeness (QED) is 0.782.